The predicted molar refractivity (Wildman–Crippen MR) is 69.6 cm³/mol. The van der Waals surface area contributed by atoms with Crippen LogP contribution in [0.25, 0.3) is 0 Å². The highest BCUT2D eigenvalue weighted by Gasteiger charge is 2.26. The van der Waals surface area contributed by atoms with Gasteiger partial charge in [-0.2, -0.15) is 0 Å². The van der Waals surface area contributed by atoms with E-state index in [1.54, 1.807) is 13.8 Å². The first kappa shape index (κ1) is 16.2. The molecule has 108 valence electrons. The maximum atomic E-state index is 12.0. The van der Waals surface area contributed by atoms with Crippen LogP contribution in [0, 0.1) is 0 Å². The van der Waals surface area contributed by atoms with Crippen LogP contribution in [0.4, 0.5) is 0 Å². The summed E-state index contributed by atoms with van der Waals surface area (Å²) in [5.74, 6) is -1.80. The average Bonchev–Trinajstić information content (AvgIpc) is 2.69. The molecule has 1 atom stereocenters. The minimum absolute atomic E-state index is 0.152. The van der Waals surface area contributed by atoms with Crippen molar-refractivity contribution in [3.63, 3.8) is 0 Å². The number of carbonyl (C=O) groups is 1. The molecule has 1 unspecified atom stereocenters. The Balaban J connectivity index is 2.91. The van der Waals surface area contributed by atoms with E-state index in [2.05, 4.69) is 20.7 Å². The second-order valence-corrected chi connectivity index (χ2v) is 6.14. The number of halogens is 1. The summed E-state index contributed by atoms with van der Waals surface area (Å²) in [5, 5.41) is 8.74. The third kappa shape index (κ3) is 4.30. The number of carboxylic acids is 1. The monoisotopic (exact) mass is 355 g/mol. The van der Waals surface area contributed by atoms with Crippen molar-refractivity contribution in [1.82, 2.24) is 4.72 Å². The van der Waals surface area contributed by atoms with Gasteiger partial charge in [0, 0.05) is 18.7 Å². The number of rotatable bonds is 7. The van der Waals surface area contributed by atoms with Crippen LogP contribution in [0.5, 0.6) is 0 Å². The van der Waals surface area contributed by atoms with Gasteiger partial charge in [0.05, 0.1) is 6.61 Å². The first-order valence-electron chi connectivity index (χ1n) is 5.40. The molecule has 19 heavy (non-hydrogen) atoms. The summed E-state index contributed by atoms with van der Waals surface area (Å²) in [6.45, 7) is 4.13. The molecule has 0 amide bonds. The fourth-order valence-electron chi connectivity index (χ4n) is 1.30. The van der Waals surface area contributed by atoms with E-state index in [4.69, 9.17) is 14.3 Å². The maximum absolute atomic E-state index is 12.0. The fourth-order valence-corrected chi connectivity index (χ4v) is 3.47. The molecule has 0 aliphatic carbocycles. The SMILES string of the molecule is CCOCC(C)NS(=O)(=O)c1cc(C(=O)O)oc1Br. The molecular weight excluding hydrogens is 342 g/mol. The van der Waals surface area contributed by atoms with E-state index in [1.807, 2.05) is 0 Å². The standard InChI is InChI=1S/C10H14BrNO6S/c1-3-17-5-6(2)12-19(15,16)8-4-7(10(13)14)18-9(8)11/h4,6,12H,3,5H2,1-2H3,(H,13,14). The molecule has 0 aliphatic heterocycles. The van der Waals surface area contributed by atoms with Crippen LogP contribution < -0.4 is 4.72 Å². The predicted octanol–water partition coefficient (Wildman–Crippen LogP) is 1.44. The fraction of sp³-hybridized carbons (Fsp3) is 0.500. The molecule has 0 fully saturated rings. The molecule has 0 bridgehead atoms. The topological polar surface area (TPSA) is 106 Å². The van der Waals surface area contributed by atoms with Crippen molar-refractivity contribution < 1.29 is 27.5 Å². The average molecular weight is 356 g/mol. The summed E-state index contributed by atoms with van der Waals surface area (Å²) in [5.41, 5.74) is 0. The maximum Gasteiger partial charge on any atom is 0.371 e. The minimum atomic E-state index is -3.87. The minimum Gasteiger partial charge on any atom is -0.475 e. The Labute approximate surface area is 119 Å². The molecule has 1 aromatic heterocycles. The molecule has 0 radical (unpaired) electrons. The van der Waals surface area contributed by atoms with Gasteiger partial charge in [0.2, 0.25) is 15.8 Å². The summed E-state index contributed by atoms with van der Waals surface area (Å²) in [7, 11) is -3.87. The smallest absolute Gasteiger partial charge is 0.371 e. The highest BCUT2D eigenvalue weighted by Crippen LogP contribution is 2.26. The summed E-state index contributed by atoms with van der Waals surface area (Å²) < 4.78 is 36.1. The highest BCUT2D eigenvalue weighted by atomic mass is 79.9. The first-order chi connectivity index (χ1) is 8.77. The molecular formula is C10H14BrNO6S. The van der Waals surface area contributed by atoms with Crippen molar-refractivity contribution in [3.05, 3.63) is 16.5 Å². The van der Waals surface area contributed by atoms with Gasteiger partial charge in [-0.05, 0) is 29.8 Å². The van der Waals surface area contributed by atoms with E-state index in [-0.39, 0.29) is 16.2 Å². The number of hydrogen-bond acceptors (Lipinski definition) is 5. The molecule has 0 spiro atoms. The van der Waals surface area contributed by atoms with Crippen molar-refractivity contribution in [1.29, 1.82) is 0 Å². The first-order valence-corrected chi connectivity index (χ1v) is 7.68. The van der Waals surface area contributed by atoms with Gasteiger partial charge in [-0.3, -0.25) is 0 Å². The van der Waals surface area contributed by atoms with Crippen molar-refractivity contribution in [3.8, 4) is 0 Å². The number of ether oxygens (including phenoxy) is 1. The quantitative estimate of drug-likeness (QED) is 0.766. The lowest BCUT2D eigenvalue weighted by atomic mass is 10.4. The number of carboxylic acid groups (broad SMARTS) is 1. The van der Waals surface area contributed by atoms with Crippen molar-refractivity contribution >= 4 is 31.9 Å². The molecule has 0 aliphatic rings. The van der Waals surface area contributed by atoms with Crippen molar-refractivity contribution in [2.75, 3.05) is 13.2 Å². The molecule has 9 heteroatoms. The van der Waals surface area contributed by atoms with Gasteiger partial charge >= 0.3 is 5.97 Å². The zero-order chi connectivity index (χ0) is 14.6. The van der Waals surface area contributed by atoms with E-state index >= 15 is 0 Å². The Morgan fingerprint density at radius 3 is 2.74 bits per heavy atom. The van der Waals surface area contributed by atoms with E-state index in [0.717, 1.165) is 6.07 Å². The largest absolute Gasteiger partial charge is 0.475 e. The number of hydrogen-bond donors (Lipinski definition) is 2. The van der Waals surface area contributed by atoms with E-state index < -0.39 is 27.8 Å². The van der Waals surface area contributed by atoms with Crippen LogP contribution in [0.15, 0.2) is 20.0 Å². The molecule has 7 nitrogen and oxygen atoms in total. The van der Waals surface area contributed by atoms with Crippen LogP contribution in [0.1, 0.15) is 24.4 Å². The summed E-state index contributed by atoms with van der Waals surface area (Å²) in [4.78, 5) is 10.5. The van der Waals surface area contributed by atoms with Crippen LogP contribution in [-0.4, -0.2) is 38.7 Å². The lowest BCUT2D eigenvalue weighted by molar-refractivity contribution is 0.0661. The Bertz CT molecular complexity index is 552. The molecule has 0 saturated heterocycles. The Morgan fingerprint density at radius 1 is 1.63 bits per heavy atom. The second kappa shape index (κ2) is 6.51. The lowest BCUT2D eigenvalue weighted by Crippen LogP contribution is -2.35. The van der Waals surface area contributed by atoms with Gasteiger partial charge in [-0.1, -0.05) is 0 Å². The van der Waals surface area contributed by atoms with Gasteiger partial charge in [-0.25, -0.2) is 17.9 Å². The highest BCUT2D eigenvalue weighted by molar-refractivity contribution is 9.10. The van der Waals surface area contributed by atoms with E-state index in [1.165, 1.54) is 0 Å². The zero-order valence-corrected chi connectivity index (χ0v) is 12.7. The Hall–Kier alpha value is -0.900. The Morgan fingerprint density at radius 2 is 2.26 bits per heavy atom. The third-order valence-corrected chi connectivity index (χ3v) is 4.53. The number of sulfonamides is 1. The number of aromatic carboxylic acids is 1. The molecule has 0 aromatic carbocycles. The normalized spacial score (nSPS) is 13.4. The second-order valence-electron chi connectivity index (χ2n) is 3.74. The lowest BCUT2D eigenvalue weighted by Gasteiger charge is -2.13. The van der Waals surface area contributed by atoms with E-state index in [9.17, 15) is 13.2 Å². The van der Waals surface area contributed by atoms with Crippen molar-refractivity contribution in [2.24, 2.45) is 0 Å². The molecule has 0 saturated carbocycles. The van der Waals surface area contributed by atoms with Crippen molar-refractivity contribution in [2.45, 2.75) is 24.8 Å². The molecule has 1 rings (SSSR count). The van der Waals surface area contributed by atoms with Crippen LogP contribution in [0.3, 0.4) is 0 Å². The molecule has 1 heterocycles. The number of nitrogens with one attached hydrogen (secondary N) is 1. The third-order valence-electron chi connectivity index (χ3n) is 2.08. The van der Waals surface area contributed by atoms with Gasteiger partial charge < -0.3 is 14.3 Å². The molecule has 2 N–H and O–H groups in total. The van der Waals surface area contributed by atoms with Gasteiger partial charge in [0.25, 0.3) is 0 Å². The Kier molecular flexibility index (Phi) is 5.53. The van der Waals surface area contributed by atoms with Gasteiger partial charge in [0.1, 0.15) is 4.90 Å². The van der Waals surface area contributed by atoms with Gasteiger partial charge in [0.15, 0.2) is 4.67 Å². The summed E-state index contributed by atoms with van der Waals surface area (Å²) in [6.07, 6.45) is 0. The van der Waals surface area contributed by atoms with Crippen LogP contribution >= 0.6 is 15.9 Å². The summed E-state index contributed by atoms with van der Waals surface area (Å²) in [6, 6.07) is 0.502. The summed E-state index contributed by atoms with van der Waals surface area (Å²) >= 11 is 2.88. The van der Waals surface area contributed by atoms with Crippen LogP contribution in [0.2, 0.25) is 0 Å². The number of furan rings is 1. The molecule has 1 aromatic rings. The zero-order valence-electron chi connectivity index (χ0n) is 10.3. The van der Waals surface area contributed by atoms with E-state index in [0.29, 0.717) is 6.61 Å². The van der Waals surface area contributed by atoms with Gasteiger partial charge in [-0.15, -0.1) is 0 Å². The van der Waals surface area contributed by atoms with Crippen LogP contribution in [-0.2, 0) is 14.8 Å².